The van der Waals surface area contributed by atoms with Gasteiger partial charge in [-0.1, -0.05) is 18.2 Å². The number of esters is 1. The number of amides is 1. The second-order valence-electron chi connectivity index (χ2n) is 4.68. The molecule has 0 fully saturated rings. The molecule has 4 heteroatoms. The second-order valence-corrected chi connectivity index (χ2v) is 4.68. The van der Waals surface area contributed by atoms with Crippen LogP contribution in [0.2, 0.25) is 0 Å². The molecule has 1 N–H and O–H groups in total. The zero-order valence-electron chi connectivity index (χ0n) is 11.2. The topological polar surface area (TPSA) is 55.4 Å². The summed E-state index contributed by atoms with van der Waals surface area (Å²) >= 11 is 0. The molecule has 0 spiro atoms. The van der Waals surface area contributed by atoms with Crippen molar-refractivity contribution < 1.29 is 14.3 Å². The van der Waals surface area contributed by atoms with E-state index in [9.17, 15) is 9.59 Å². The molecular weight excluding hydrogens is 242 g/mol. The fourth-order valence-corrected chi connectivity index (χ4v) is 2.37. The Morgan fingerprint density at radius 1 is 1.26 bits per heavy atom. The summed E-state index contributed by atoms with van der Waals surface area (Å²) < 4.78 is 4.62. The summed E-state index contributed by atoms with van der Waals surface area (Å²) in [6.45, 7) is 2.35. The number of hydrogen-bond acceptors (Lipinski definition) is 3. The third-order valence-corrected chi connectivity index (χ3v) is 3.32. The molecular formula is C15H19NO3. The van der Waals surface area contributed by atoms with Crippen LogP contribution >= 0.6 is 0 Å². The summed E-state index contributed by atoms with van der Waals surface area (Å²) in [5, 5.41) is 2.57. The minimum atomic E-state index is -0.809. The van der Waals surface area contributed by atoms with Gasteiger partial charge in [0, 0.05) is 6.54 Å². The fourth-order valence-electron chi connectivity index (χ4n) is 2.37. The zero-order chi connectivity index (χ0) is 13.7. The Morgan fingerprint density at radius 2 is 2.05 bits per heavy atom. The number of benzene rings is 1. The van der Waals surface area contributed by atoms with Gasteiger partial charge in [0.25, 0.3) is 0 Å². The van der Waals surface area contributed by atoms with Gasteiger partial charge in [-0.25, -0.2) is 4.79 Å². The van der Waals surface area contributed by atoms with E-state index in [2.05, 4.69) is 28.3 Å². The van der Waals surface area contributed by atoms with Gasteiger partial charge in [0.15, 0.2) is 0 Å². The van der Waals surface area contributed by atoms with Crippen molar-refractivity contribution in [2.75, 3.05) is 13.2 Å². The first-order chi connectivity index (χ1) is 9.20. The highest BCUT2D eigenvalue weighted by atomic mass is 16.5. The molecule has 0 heterocycles. The van der Waals surface area contributed by atoms with Gasteiger partial charge >= 0.3 is 11.9 Å². The van der Waals surface area contributed by atoms with Gasteiger partial charge in [0.2, 0.25) is 0 Å². The fraction of sp³-hybridized carbons (Fsp3) is 0.467. The molecule has 0 saturated carbocycles. The first-order valence-electron chi connectivity index (χ1n) is 6.76. The summed E-state index contributed by atoms with van der Waals surface area (Å²) in [5.74, 6) is -1.47. The largest absolute Gasteiger partial charge is 0.459 e. The molecule has 1 aromatic carbocycles. The number of rotatable bonds is 4. The predicted molar refractivity (Wildman–Crippen MR) is 71.8 cm³/mol. The Morgan fingerprint density at radius 3 is 2.84 bits per heavy atom. The molecule has 2 rings (SSSR count). The number of aryl methyl sites for hydroxylation is 2. The van der Waals surface area contributed by atoms with E-state index in [0.29, 0.717) is 6.54 Å². The summed E-state index contributed by atoms with van der Waals surface area (Å²) in [6, 6.07) is 6.48. The smallest absolute Gasteiger partial charge is 0.396 e. The first kappa shape index (κ1) is 13.6. The molecule has 0 saturated heterocycles. The number of fused-ring (bicyclic) bond motifs is 1. The Labute approximate surface area is 113 Å². The van der Waals surface area contributed by atoms with E-state index in [1.165, 1.54) is 29.5 Å². The molecule has 0 atom stereocenters. The van der Waals surface area contributed by atoms with E-state index in [0.717, 1.165) is 12.8 Å². The van der Waals surface area contributed by atoms with Crippen LogP contribution < -0.4 is 5.32 Å². The number of carbonyl (C=O) groups is 2. The lowest BCUT2D eigenvalue weighted by molar-refractivity contribution is -0.154. The van der Waals surface area contributed by atoms with Crippen LogP contribution in [0.5, 0.6) is 0 Å². The molecule has 0 unspecified atom stereocenters. The maximum atomic E-state index is 11.3. The molecule has 102 valence electrons. The summed E-state index contributed by atoms with van der Waals surface area (Å²) in [6.07, 6.45) is 4.30. The van der Waals surface area contributed by atoms with Crippen LogP contribution in [-0.2, 0) is 33.6 Å². The number of carbonyl (C=O) groups excluding carboxylic acids is 2. The van der Waals surface area contributed by atoms with Crippen LogP contribution in [0.1, 0.15) is 30.0 Å². The van der Waals surface area contributed by atoms with Crippen molar-refractivity contribution in [2.45, 2.75) is 32.6 Å². The van der Waals surface area contributed by atoms with Crippen molar-refractivity contribution in [1.29, 1.82) is 0 Å². The molecule has 1 aromatic rings. The van der Waals surface area contributed by atoms with Crippen molar-refractivity contribution in [1.82, 2.24) is 5.32 Å². The van der Waals surface area contributed by atoms with E-state index in [1.54, 1.807) is 6.92 Å². The van der Waals surface area contributed by atoms with Crippen LogP contribution in [0.25, 0.3) is 0 Å². The molecule has 1 amide bonds. The Bertz CT molecular complexity index is 482. The zero-order valence-corrected chi connectivity index (χ0v) is 11.2. The van der Waals surface area contributed by atoms with Gasteiger partial charge < -0.3 is 10.1 Å². The van der Waals surface area contributed by atoms with Gasteiger partial charge in [-0.2, -0.15) is 0 Å². The Kier molecular flexibility index (Phi) is 4.55. The second kappa shape index (κ2) is 6.36. The van der Waals surface area contributed by atoms with Gasteiger partial charge in [-0.3, -0.25) is 4.79 Å². The minimum absolute atomic E-state index is 0.219. The number of hydrogen-bond donors (Lipinski definition) is 1. The summed E-state index contributed by atoms with van der Waals surface area (Å²) in [4.78, 5) is 22.4. The van der Waals surface area contributed by atoms with Crippen LogP contribution in [-0.4, -0.2) is 25.0 Å². The van der Waals surface area contributed by atoms with Crippen LogP contribution in [0.15, 0.2) is 18.2 Å². The average molecular weight is 261 g/mol. The maximum absolute atomic E-state index is 11.3. The van der Waals surface area contributed by atoms with E-state index in [1.807, 2.05) is 0 Å². The van der Waals surface area contributed by atoms with E-state index < -0.39 is 11.9 Å². The molecule has 1 aliphatic carbocycles. The third kappa shape index (κ3) is 3.56. The normalized spacial score (nSPS) is 12.9. The molecule has 0 bridgehead atoms. The monoisotopic (exact) mass is 261 g/mol. The van der Waals surface area contributed by atoms with Crippen molar-refractivity contribution in [3.8, 4) is 0 Å². The molecule has 19 heavy (non-hydrogen) atoms. The average Bonchev–Trinajstić information content (AvgIpc) is 2.86. The molecule has 0 aliphatic heterocycles. The SMILES string of the molecule is CCOC(=O)C(=O)NCCc1ccc2c(c1)CCC2. The lowest BCUT2D eigenvalue weighted by Crippen LogP contribution is -2.33. The molecule has 4 nitrogen and oxygen atoms in total. The Balaban J connectivity index is 1.80. The van der Waals surface area contributed by atoms with Crippen LogP contribution in [0, 0.1) is 0 Å². The van der Waals surface area contributed by atoms with Crippen molar-refractivity contribution in [3.63, 3.8) is 0 Å². The highest BCUT2D eigenvalue weighted by Gasteiger charge is 2.14. The van der Waals surface area contributed by atoms with Gasteiger partial charge in [-0.15, -0.1) is 0 Å². The molecule has 1 aliphatic rings. The minimum Gasteiger partial charge on any atom is -0.459 e. The van der Waals surface area contributed by atoms with Crippen LogP contribution in [0.3, 0.4) is 0 Å². The highest BCUT2D eigenvalue weighted by molar-refractivity contribution is 6.32. The van der Waals surface area contributed by atoms with Crippen LogP contribution in [0.4, 0.5) is 0 Å². The molecule has 0 aromatic heterocycles. The standard InChI is InChI=1S/C15H19NO3/c1-2-19-15(18)14(17)16-9-8-11-6-7-12-4-3-5-13(12)10-11/h6-7,10H,2-5,8-9H2,1H3,(H,16,17). The Hall–Kier alpha value is -1.84. The first-order valence-corrected chi connectivity index (χ1v) is 6.76. The lowest BCUT2D eigenvalue weighted by Gasteiger charge is -2.06. The van der Waals surface area contributed by atoms with Crippen molar-refractivity contribution in [2.24, 2.45) is 0 Å². The number of nitrogens with one attached hydrogen (secondary N) is 1. The van der Waals surface area contributed by atoms with E-state index in [-0.39, 0.29) is 6.61 Å². The van der Waals surface area contributed by atoms with Crippen molar-refractivity contribution in [3.05, 3.63) is 34.9 Å². The number of ether oxygens (including phenoxy) is 1. The summed E-state index contributed by atoms with van der Waals surface area (Å²) in [5.41, 5.74) is 4.07. The quantitative estimate of drug-likeness (QED) is 0.658. The third-order valence-electron chi connectivity index (χ3n) is 3.32. The summed E-state index contributed by atoms with van der Waals surface area (Å²) in [7, 11) is 0. The van der Waals surface area contributed by atoms with Gasteiger partial charge in [-0.05, 0) is 49.3 Å². The van der Waals surface area contributed by atoms with Gasteiger partial charge in [0.05, 0.1) is 6.61 Å². The lowest BCUT2D eigenvalue weighted by atomic mass is 10.0. The maximum Gasteiger partial charge on any atom is 0.396 e. The highest BCUT2D eigenvalue weighted by Crippen LogP contribution is 2.22. The van der Waals surface area contributed by atoms with E-state index >= 15 is 0 Å². The van der Waals surface area contributed by atoms with Crippen molar-refractivity contribution >= 4 is 11.9 Å². The van der Waals surface area contributed by atoms with E-state index in [4.69, 9.17) is 0 Å². The molecule has 0 radical (unpaired) electrons. The predicted octanol–water partition coefficient (Wildman–Crippen LogP) is 1.40. The van der Waals surface area contributed by atoms with Gasteiger partial charge in [0.1, 0.15) is 0 Å².